The van der Waals surface area contributed by atoms with Crippen LogP contribution in [0, 0.1) is 23.7 Å². The van der Waals surface area contributed by atoms with Gasteiger partial charge in [0.15, 0.2) is 5.78 Å². The summed E-state index contributed by atoms with van der Waals surface area (Å²) in [4.78, 5) is 63.3. The van der Waals surface area contributed by atoms with Gasteiger partial charge in [-0.15, -0.1) is 0 Å². The molecular weight excluding hydrogens is 891 g/mol. The number of ketones is 3. The van der Waals surface area contributed by atoms with E-state index in [0.717, 1.165) is 0 Å². The van der Waals surface area contributed by atoms with Crippen LogP contribution in [0.5, 0.6) is 0 Å². The van der Waals surface area contributed by atoms with E-state index in [2.05, 4.69) is 0 Å². The standard InChI is InChI=1S/C53H75NO15/c1-34-17-14-12-10-8-6-4-5-7-9-11-13-15-18-40(56)30-48(64)51(53(67)68)49(65)31-45(61)29-44(60)28-43(59)27-42(58)26-39(55)19-16-20-41(57)32-50(66)69-52(34)36(3)25-35(2)46(62)33-47(63)37-21-23-38(54)24-22-37/h4-15,17-18,21-24,34-36,40-44,46,48-49,51-52,56-60,62,64-65H,16,19-20,25-33,54H2,1-3H3,(H,67,68)/b5-4+,8-6+,9-7+,12-10+,13-11+,17-14+,18-15+. The normalized spacial score (nSPS) is 32.3. The molecule has 1 aliphatic heterocycles. The average molecular weight is 966 g/mol. The summed E-state index contributed by atoms with van der Waals surface area (Å²) >= 11 is 0. The lowest BCUT2D eigenvalue weighted by Gasteiger charge is -2.31. The molecule has 1 heterocycles. The van der Waals surface area contributed by atoms with Crippen molar-refractivity contribution in [3.63, 3.8) is 0 Å². The number of aliphatic hydroxyl groups is 8. The second-order valence-corrected chi connectivity index (χ2v) is 18.2. The zero-order chi connectivity index (χ0) is 51.5. The highest BCUT2D eigenvalue weighted by Crippen LogP contribution is 2.28. The van der Waals surface area contributed by atoms with Crippen molar-refractivity contribution in [3.8, 4) is 0 Å². The van der Waals surface area contributed by atoms with E-state index in [1.807, 2.05) is 32.9 Å². The van der Waals surface area contributed by atoms with Crippen molar-refractivity contribution in [2.45, 2.75) is 153 Å². The van der Waals surface area contributed by atoms with Crippen molar-refractivity contribution in [1.29, 1.82) is 0 Å². The molecule has 2 rings (SSSR count). The molecular formula is C53H75NO15. The Morgan fingerprint density at radius 3 is 1.74 bits per heavy atom. The Bertz CT molecular complexity index is 1950. The topological polar surface area (TPSA) is 303 Å². The molecule has 16 nitrogen and oxygen atoms in total. The van der Waals surface area contributed by atoms with Crippen LogP contribution in [0.15, 0.2) is 109 Å². The fraction of sp³-hybridized carbons (Fsp3) is 0.528. The number of carboxylic acids is 1. The van der Waals surface area contributed by atoms with E-state index in [4.69, 9.17) is 10.5 Å². The first-order valence-electron chi connectivity index (χ1n) is 23.6. The zero-order valence-corrected chi connectivity index (χ0v) is 39.9. The predicted octanol–water partition coefficient (Wildman–Crippen LogP) is 4.59. The number of aliphatic carboxylic acids is 1. The molecule has 0 amide bonds. The number of rotatable bonds is 8. The summed E-state index contributed by atoms with van der Waals surface area (Å²) in [6.07, 6.45) is 9.62. The fourth-order valence-corrected chi connectivity index (χ4v) is 8.03. The van der Waals surface area contributed by atoms with Gasteiger partial charge in [0.25, 0.3) is 0 Å². The molecule has 1 aromatic rings. The number of hydrogen-bond donors (Lipinski definition) is 10. The van der Waals surface area contributed by atoms with Gasteiger partial charge in [-0.25, -0.2) is 0 Å². The van der Waals surface area contributed by atoms with Crippen LogP contribution in [-0.2, 0) is 23.9 Å². The summed E-state index contributed by atoms with van der Waals surface area (Å²) in [7, 11) is 0. The van der Waals surface area contributed by atoms with Crippen molar-refractivity contribution in [1.82, 2.24) is 0 Å². The molecule has 11 N–H and O–H groups in total. The third kappa shape index (κ3) is 25.3. The number of cyclic esters (lactones) is 1. The monoisotopic (exact) mass is 966 g/mol. The number of benzene rings is 1. The van der Waals surface area contributed by atoms with E-state index in [1.165, 1.54) is 12.2 Å². The van der Waals surface area contributed by atoms with Crippen molar-refractivity contribution >= 4 is 35.0 Å². The summed E-state index contributed by atoms with van der Waals surface area (Å²) in [6, 6.07) is 6.46. The van der Waals surface area contributed by atoms with Crippen LogP contribution in [0.3, 0.4) is 0 Å². The van der Waals surface area contributed by atoms with Crippen LogP contribution in [0.25, 0.3) is 0 Å². The van der Waals surface area contributed by atoms with Crippen LogP contribution in [0.4, 0.5) is 5.69 Å². The van der Waals surface area contributed by atoms with Gasteiger partial charge in [-0.3, -0.25) is 24.0 Å². The number of hydrogen-bond acceptors (Lipinski definition) is 15. The minimum Gasteiger partial charge on any atom is -0.481 e. The number of ether oxygens (including phenoxy) is 1. The molecule has 0 radical (unpaired) electrons. The van der Waals surface area contributed by atoms with Crippen LogP contribution >= 0.6 is 0 Å². The first-order valence-corrected chi connectivity index (χ1v) is 23.6. The molecule has 0 fully saturated rings. The molecule has 13 atom stereocenters. The highest BCUT2D eigenvalue weighted by molar-refractivity contribution is 5.96. The van der Waals surface area contributed by atoms with Crippen LogP contribution in [-0.4, -0.2) is 130 Å². The number of carbonyl (C=O) groups excluding carboxylic acids is 4. The number of anilines is 1. The molecule has 0 bridgehead atoms. The zero-order valence-electron chi connectivity index (χ0n) is 39.9. The predicted molar refractivity (Wildman–Crippen MR) is 261 cm³/mol. The first kappa shape index (κ1) is 60.0. The van der Waals surface area contributed by atoms with Crippen molar-refractivity contribution < 1.29 is 74.7 Å². The van der Waals surface area contributed by atoms with E-state index >= 15 is 0 Å². The molecule has 0 saturated heterocycles. The maximum Gasteiger partial charge on any atom is 0.311 e. The third-order valence-electron chi connectivity index (χ3n) is 11.8. The Balaban J connectivity index is 2.22. The molecule has 0 aliphatic carbocycles. The van der Waals surface area contributed by atoms with Crippen molar-refractivity contribution in [3.05, 3.63) is 115 Å². The van der Waals surface area contributed by atoms with Gasteiger partial charge in [0.2, 0.25) is 0 Å². The van der Waals surface area contributed by atoms with Gasteiger partial charge in [-0.2, -0.15) is 0 Å². The Morgan fingerprint density at radius 2 is 1.19 bits per heavy atom. The van der Waals surface area contributed by atoms with Gasteiger partial charge in [0.1, 0.15) is 23.6 Å². The highest BCUT2D eigenvalue weighted by Gasteiger charge is 2.36. The number of Topliss-reactive ketones (excluding diaryl/α,β-unsaturated/α-hetero) is 3. The van der Waals surface area contributed by atoms with Crippen molar-refractivity contribution in [2.75, 3.05) is 5.73 Å². The molecule has 1 aromatic carbocycles. The summed E-state index contributed by atoms with van der Waals surface area (Å²) in [5, 5.41) is 94.2. The number of carbonyl (C=O) groups is 5. The summed E-state index contributed by atoms with van der Waals surface area (Å²) < 4.78 is 5.98. The molecule has 0 saturated carbocycles. The second kappa shape index (κ2) is 32.6. The summed E-state index contributed by atoms with van der Waals surface area (Å²) in [6.45, 7) is 5.60. The van der Waals surface area contributed by atoms with E-state index in [9.17, 15) is 69.9 Å². The van der Waals surface area contributed by atoms with Gasteiger partial charge in [-0.05, 0) is 68.2 Å². The number of carboxylic acid groups (broad SMARTS) is 1. The number of nitrogens with two attached hydrogens (primary N) is 1. The lowest BCUT2D eigenvalue weighted by Crippen LogP contribution is -2.41. The summed E-state index contributed by atoms with van der Waals surface area (Å²) in [5.74, 6) is -6.40. The van der Waals surface area contributed by atoms with Crippen LogP contribution in [0.2, 0.25) is 0 Å². The molecule has 0 aromatic heterocycles. The average Bonchev–Trinajstić information content (AvgIpc) is 3.24. The molecule has 69 heavy (non-hydrogen) atoms. The number of esters is 1. The van der Waals surface area contributed by atoms with Gasteiger partial charge in [0, 0.05) is 55.7 Å². The van der Waals surface area contributed by atoms with Gasteiger partial charge < -0.3 is 56.4 Å². The quantitative estimate of drug-likeness (QED) is 0.0968. The van der Waals surface area contributed by atoms with E-state index < -0.39 is 97.8 Å². The minimum absolute atomic E-state index is 0.0453. The molecule has 0 spiro atoms. The minimum atomic E-state index is -1.85. The number of nitrogen functional groups attached to an aromatic ring is 1. The van der Waals surface area contributed by atoms with Crippen molar-refractivity contribution in [2.24, 2.45) is 23.7 Å². The largest absolute Gasteiger partial charge is 0.481 e. The highest BCUT2D eigenvalue weighted by atomic mass is 16.5. The smallest absolute Gasteiger partial charge is 0.311 e. The Hall–Kier alpha value is -5.17. The van der Waals surface area contributed by atoms with Crippen LogP contribution < -0.4 is 5.73 Å². The van der Waals surface area contributed by atoms with Gasteiger partial charge in [-0.1, -0.05) is 106 Å². The Kier molecular flexibility index (Phi) is 28.3. The number of aliphatic hydroxyl groups excluding tert-OH is 8. The Labute approximate surface area is 405 Å². The fourth-order valence-electron chi connectivity index (χ4n) is 8.03. The SMILES string of the molecule is CC1/C=C/C=C/C=C/C=C/C=C/C=C/C=C/C(O)CC(O)C(C(=O)O)C(O)CC(=O)CC(O)CC(O)CC(O)CC(=O)CCCC(O)CC(=O)OC1C(C)CC(C)C(O)CC(=O)c1ccc(N)cc1. The Morgan fingerprint density at radius 1 is 0.667 bits per heavy atom. The lowest BCUT2D eigenvalue weighted by molar-refractivity contribution is -0.157. The second-order valence-electron chi connectivity index (χ2n) is 18.2. The van der Waals surface area contributed by atoms with E-state index in [0.29, 0.717) is 17.7 Å². The first-order chi connectivity index (χ1) is 32.7. The molecule has 16 heteroatoms. The van der Waals surface area contributed by atoms with Gasteiger partial charge >= 0.3 is 11.9 Å². The van der Waals surface area contributed by atoms with Crippen LogP contribution in [0.1, 0.15) is 108 Å². The maximum absolute atomic E-state index is 13.3. The van der Waals surface area contributed by atoms with Gasteiger partial charge in [0.05, 0.1) is 55.3 Å². The lowest BCUT2D eigenvalue weighted by atomic mass is 9.83. The maximum atomic E-state index is 13.3. The van der Waals surface area contributed by atoms with E-state index in [1.54, 1.807) is 85.0 Å². The van der Waals surface area contributed by atoms with E-state index in [-0.39, 0.29) is 80.7 Å². The third-order valence-corrected chi connectivity index (χ3v) is 11.8. The molecule has 1 aliphatic rings. The number of allylic oxidation sites excluding steroid dienone is 12. The summed E-state index contributed by atoms with van der Waals surface area (Å²) in [5.41, 5.74) is 6.70. The molecule has 13 unspecified atom stereocenters. The molecule has 382 valence electrons.